The van der Waals surface area contributed by atoms with Crippen LogP contribution in [0.15, 0.2) is 97.1 Å². The Morgan fingerprint density at radius 3 is 2.15 bits per heavy atom. The maximum absolute atomic E-state index is 14.1. The molecule has 1 unspecified atom stereocenters. The predicted molar refractivity (Wildman–Crippen MR) is 174 cm³/mol. The molecule has 2 N–H and O–H groups in total. The summed E-state index contributed by atoms with van der Waals surface area (Å²) in [7, 11) is 1.32. The first-order valence-corrected chi connectivity index (χ1v) is 15.1. The van der Waals surface area contributed by atoms with E-state index >= 15 is 0 Å². The summed E-state index contributed by atoms with van der Waals surface area (Å²) in [5, 5.41) is 5.44. The molecule has 0 aliphatic rings. The minimum Gasteiger partial charge on any atom is -0.489 e. The molecule has 0 spiro atoms. The number of carbonyl (C=O) groups is 2. The number of ether oxygens (including phenoxy) is 3. The van der Waals surface area contributed by atoms with E-state index < -0.39 is 29.9 Å². The van der Waals surface area contributed by atoms with Crippen molar-refractivity contribution in [3.8, 4) is 16.9 Å². The first-order chi connectivity index (χ1) is 22.3. The zero-order valence-corrected chi connectivity index (χ0v) is 26.8. The molecule has 4 aromatic rings. The highest BCUT2D eigenvalue weighted by Gasteiger charge is 2.40. The molecule has 47 heavy (non-hydrogen) atoms. The second kappa shape index (κ2) is 15.6. The quantitative estimate of drug-likeness (QED) is 0.151. The molecule has 0 aliphatic carbocycles. The van der Waals surface area contributed by atoms with Crippen molar-refractivity contribution in [3.05, 3.63) is 125 Å². The van der Waals surface area contributed by atoms with Crippen molar-refractivity contribution in [2.75, 3.05) is 7.11 Å². The number of alkyl carbamates (subject to hydrolysis) is 1. The van der Waals surface area contributed by atoms with Crippen LogP contribution >= 0.6 is 0 Å². The molecular formula is C37H39F3N2O5. The molecule has 10 heteroatoms. The van der Waals surface area contributed by atoms with Crippen LogP contribution in [-0.4, -0.2) is 30.9 Å². The van der Waals surface area contributed by atoms with Crippen LogP contribution in [0.3, 0.4) is 0 Å². The van der Waals surface area contributed by atoms with Gasteiger partial charge in [-0.3, -0.25) is 10.1 Å². The number of para-hydroxylation sites is 1. The molecule has 0 bridgehead atoms. The Morgan fingerprint density at radius 2 is 1.45 bits per heavy atom. The fourth-order valence-electron chi connectivity index (χ4n) is 4.93. The molecule has 1 amide bonds. The predicted octanol–water partition coefficient (Wildman–Crippen LogP) is 8.07. The van der Waals surface area contributed by atoms with E-state index in [-0.39, 0.29) is 31.7 Å². The van der Waals surface area contributed by atoms with Crippen molar-refractivity contribution in [1.29, 1.82) is 0 Å². The van der Waals surface area contributed by atoms with E-state index in [4.69, 9.17) is 14.2 Å². The Kier molecular flexibility index (Phi) is 11.7. The van der Waals surface area contributed by atoms with Gasteiger partial charge in [0.15, 0.2) is 0 Å². The van der Waals surface area contributed by atoms with Gasteiger partial charge in [0.05, 0.1) is 13.5 Å². The van der Waals surface area contributed by atoms with Crippen LogP contribution in [0.1, 0.15) is 54.6 Å². The van der Waals surface area contributed by atoms with Crippen molar-refractivity contribution in [2.45, 2.75) is 64.7 Å². The molecule has 1 atom stereocenters. The minimum atomic E-state index is -4.51. The largest absolute Gasteiger partial charge is 0.489 e. The second-order valence-electron chi connectivity index (χ2n) is 12.0. The number of hydrogen-bond acceptors (Lipinski definition) is 6. The molecule has 0 aliphatic heterocycles. The highest BCUT2D eigenvalue weighted by atomic mass is 19.4. The Hall–Kier alpha value is -4.83. The summed E-state index contributed by atoms with van der Waals surface area (Å²) in [6.45, 7) is 5.60. The summed E-state index contributed by atoms with van der Waals surface area (Å²) < 4.78 is 58.6. The molecule has 0 saturated carbocycles. The zero-order chi connectivity index (χ0) is 34.0. The maximum atomic E-state index is 14.1. The highest BCUT2D eigenvalue weighted by molar-refractivity contribution is 5.73. The van der Waals surface area contributed by atoms with Gasteiger partial charge in [-0.2, -0.15) is 13.2 Å². The Bertz CT molecular complexity index is 1650. The summed E-state index contributed by atoms with van der Waals surface area (Å²) in [6.07, 6.45) is -5.02. The average Bonchev–Trinajstić information content (AvgIpc) is 3.02. The van der Waals surface area contributed by atoms with Crippen LogP contribution in [0.25, 0.3) is 11.1 Å². The zero-order valence-electron chi connectivity index (χ0n) is 26.8. The molecule has 0 radical (unpaired) electrons. The smallest absolute Gasteiger partial charge is 0.407 e. The van der Waals surface area contributed by atoms with E-state index in [9.17, 15) is 22.8 Å². The first kappa shape index (κ1) is 35.0. The number of esters is 1. The number of hydrogen-bond donors (Lipinski definition) is 2. The normalized spacial score (nSPS) is 12.2. The molecular weight excluding hydrogens is 609 g/mol. The molecule has 4 rings (SSSR count). The minimum absolute atomic E-state index is 0.0321. The number of benzene rings is 4. The fraction of sp³-hybridized carbons (Fsp3) is 0.297. The van der Waals surface area contributed by atoms with Gasteiger partial charge in [0, 0.05) is 18.7 Å². The van der Waals surface area contributed by atoms with Crippen molar-refractivity contribution < 1.29 is 37.0 Å². The van der Waals surface area contributed by atoms with Gasteiger partial charge in [0.1, 0.15) is 24.0 Å². The van der Waals surface area contributed by atoms with Crippen LogP contribution in [0, 0.1) is 0 Å². The third-order valence-corrected chi connectivity index (χ3v) is 7.05. The summed E-state index contributed by atoms with van der Waals surface area (Å²) in [5.74, 6) is 0.0921. The van der Waals surface area contributed by atoms with Gasteiger partial charge in [-0.15, -0.1) is 0 Å². The van der Waals surface area contributed by atoms with Gasteiger partial charge in [-0.1, -0.05) is 72.8 Å². The van der Waals surface area contributed by atoms with E-state index in [2.05, 4.69) is 10.6 Å². The van der Waals surface area contributed by atoms with Gasteiger partial charge in [0.25, 0.3) is 0 Å². The number of halogens is 3. The van der Waals surface area contributed by atoms with Gasteiger partial charge in [0.2, 0.25) is 0 Å². The summed E-state index contributed by atoms with van der Waals surface area (Å²) in [6, 6.07) is 26.0. The molecule has 0 heterocycles. The average molecular weight is 649 g/mol. The van der Waals surface area contributed by atoms with Crippen molar-refractivity contribution in [2.24, 2.45) is 0 Å². The molecule has 7 nitrogen and oxygen atoms in total. The highest BCUT2D eigenvalue weighted by Crippen LogP contribution is 2.33. The van der Waals surface area contributed by atoms with Crippen LogP contribution in [0.2, 0.25) is 0 Å². The summed E-state index contributed by atoms with van der Waals surface area (Å²) >= 11 is 0. The molecule has 0 aromatic heterocycles. The van der Waals surface area contributed by atoms with E-state index in [0.717, 1.165) is 16.7 Å². The van der Waals surface area contributed by atoms with Crippen LogP contribution < -0.4 is 15.4 Å². The lowest BCUT2D eigenvalue weighted by atomic mass is 9.98. The first-order valence-electron chi connectivity index (χ1n) is 15.1. The monoisotopic (exact) mass is 648 g/mol. The van der Waals surface area contributed by atoms with Crippen LogP contribution in [-0.2, 0) is 40.4 Å². The number of methoxy groups -OCH3 is 1. The van der Waals surface area contributed by atoms with Crippen molar-refractivity contribution >= 4 is 12.1 Å². The Labute approximate surface area is 273 Å². The number of rotatable bonds is 12. The third-order valence-electron chi connectivity index (χ3n) is 7.05. The molecule has 0 saturated heterocycles. The second-order valence-corrected chi connectivity index (χ2v) is 12.0. The fourth-order valence-corrected chi connectivity index (χ4v) is 4.93. The number of nitrogens with one attached hydrogen (secondary N) is 2. The standard InChI is InChI=1S/C37H39F3N2O5/c1-36(2,3)47-35(44)42-22-25-11-10-15-29(18-25)31-19-26(23-41-34(37(38,39)40)28-12-6-5-7-13-28)17-27(20-31)24-46-32-16-9-8-14-30(32)21-33(43)45-4/h5-20,34,41H,21-24H2,1-4H3,(H,42,44). The lowest BCUT2D eigenvalue weighted by Crippen LogP contribution is -2.33. The van der Waals surface area contributed by atoms with E-state index in [1.54, 1.807) is 69.3 Å². The number of alkyl halides is 3. The lowest BCUT2D eigenvalue weighted by molar-refractivity contribution is -0.158. The maximum Gasteiger partial charge on any atom is 0.407 e. The van der Waals surface area contributed by atoms with E-state index in [1.165, 1.54) is 19.2 Å². The Balaban J connectivity index is 1.62. The topological polar surface area (TPSA) is 85.9 Å². The third kappa shape index (κ3) is 10.9. The summed E-state index contributed by atoms with van der Waals surface area (Å²) in [5.41, 5.74) is 3.84. The van der Waals surface area contributed by atoms with Gasteiger partial charge < -0.3 is 19.5 Å². The van der Waals surface area contributed by atoms with E-state index in [0.29, 0.717) is 22.4 Å². The van der Waals surface area contributed by atoms with Gasteiger partial charge >= 0.3 is 18.2 Å². The Morgan fingerprint density at radius 1 is 0.766 bits per heavy atom. The molecule has 4 aromatic carbocycles. The van der Waals surface area contributed by atoms with Gasteiger partial charge in [-0.05, 0) is 78.4 Å². The van der Waals surface area contributed by atoms with Crippen LogP contribution in [0.5, 0.6) is 5.75 Å². The summed E-state index contributed by atoms with van der Waals surface area (Å²) in [4.78, 5) is 24.1. The molecule has 0 fully saturated rings. The van der Waals surface area contributed by atoms with E-state index in [1.807, 2.05) is 36.4 Å². The van der Waals surface area contributed by atoms with Crippen molar-refractivity contribution in [3.63, 3.8) is 0 Å². The number of carbonyl (C=O) groups excluding carboxylic acids is 2. The number of amides is 1. The lowest BCUT2D eigenvalue weighted by Gasteiger charge is -2.22. The van der Waals surface area contributed by atoms with Crippen LogP contribution in [0.4, 0.5) is 18.0 Å². The van der Waals surface area contributed by atoms with Crippen molar-refractivity contribution in [1.82, 2.24) is 10.6 Å². The molecule has 248 valence electrons. The SMILES string of the molecule is COC(=O)Cc1ccccc1OCc1cc(CNC(c2ccccc2)C(F)(F)F)cc(-c2cccc(CNC(=O)OC(C)(C)C)c2)c1. The van der Waals surface area contributed by atoms with Gasteiger partial charge in [-0.25, -0.2) is 4.79 Å².